The Labute approximate surface area is 88.7 Å². The Kier molecular flexibility index (Phi) is 2.21. The summed E-state index contributed by atoms with van der Waals surface area (Å²) >= 11 is 5.70. The molecule has 0 aliphatic carbocycles. The highest BCUT2D eigenvalue weighted by Crippen LogP contribution is 2.17. The van der Waals surface area contributed by atoms with Crippen LogP contribution < -0.4 is 5.63 Å². The zero-order chi connectivity index (χ0) is 11.0. The predicted octanol–water partition coefficient (Wildman–Crippen LogP) is 2.14. The fourth-order valence-corrected chi connectivity index (χ4v) is 1.43. The van der Waals surface area contributed by atoms with Crippen LogP contribution in [0.1, 0.15) is 10.6 Å². The standard InChI is InChI=1S/C10H5ClO4/c11-6-2-1-5-3-8(9(12)13)15-10(14)7(5)4-6/h1-4H,(H,12,13). The smallest absolute Gasteiger partial charge is 0.371 e. The number of benzene rings is 1. The van der Waals surface area contributed by atoms with Crippen molar-refractivity contribution in [2.75, 3.05) is 0 Å². The lowest BCUT2D eigenvalue weighted by Gasteiger charge is -1.98. The summed E-state index contributed by atoms with van der Waals surface area (Å²) in [6.07, 6.45) is 0. The van der Waals surface area contributed by atoms with Gasteiger partial charge in [0.1, 0.15) is 0 Å². The Bertz CT molecular complexity index is 600. The van der Waals surface area contributed by atoms with Crippen molar-refractivity contribution in [2.45, 2.75) is 0 Å². The monoisotopic (exact) mass is 224 g/mol. The Hall–Kier alpha value is -1.81. The van der Waals surface area contributed by atoms with Gasteiger partial charge in [0.25, 0.3) is 0 Å². The topological polar surface area (TPSA) is 67.5 Å². The van der Waals surface area contributed by atoms with E-state index in [-0.39, 0.29) is 11.1 Å². The SMILES string of the molecule is O=C(O)c1cc2ccc(Cl)cc2c(=O)o1. The second-order valence-electron chi connectivity index (χ2n) is 2.93. The fraction of sp³-hybridized carbons (Fsp3) is 0. The maximum atomic E-state index is 11.4. The van der Waals surface area contributed by atoms with Gasteiger partial charge in [0.05, 0.1) is 5.39 Å². The van der Waals surface area contributed by atoms with Gasteiger partial charge in [-0.3, -0.25) is 0 Å². The lowest BCUT2D eigenvalue weighted by molar-refractivity contribution is 0.0658. The van der Waals surface area contributed by atoms with Crippen LogP contribution in [0, 0.1) is 0 Å². The van der Waals surface area contributed by atoms with E-state index in [1.165, 1.54) is 12.1 Å². The van der Waals surface area contributed by atoms with E-state index in [0.29, 0.717) is 10.4 Å². The van der Waals surface area contributed by atoms with Crippen LogP contribution in [-0.4, -0.2) is 11.1 Å². The number of fused-ring (bicyclic) bond motifs is 1. The molecule has 2 aromatic rings. The summed E-state index contributed by atoms with van der Waals surface area (Å²) in [5.74, 6) is -1.65. The summed E-state index contributed by atoms with van der Waals surface area (Å²) in [6.45, 7) is 0. The summed E-state index contributed by atoms with van der Waals surface area (Å²) in [7, 11) is 0. The normalized spacial score (nSPS) is 10.5. The van der Waals surface area contributed by atoms with Gasteiger partial charge < -0.3 is 9.52 Å². The molecule has 0 bridgehead atoms. The number of hydrogen-bond donors (Lipinski definition) is 1. The molecular weight excluding hydrogens is 220 g/mol. The first-order valence-electron chi connectivity index (χ1n) is 4.04. The lowest BCUT2D eigenvalue weighted by Crippen LogP contribution is -2.06. The maximum absolute atomic E-state index is 11.4. The Morgan fingerprint density at radius 2 is 2.07 bits per heavy atom. The molecule has 0 fully saturated rings. The van der Waals surface area contributed by atoms with Gasteiger partial charge in [0.2, 0.25) is 5.76 Å². The van der Waals surface area contributed by atoms with E-state index in [1.807, 2.05) is 0 Å². The Morgan fingerprint density at radius 3 is 2.73 bits per heavy atom. The zero-order valence-electron chi connectivity index (χ0n) is 7.36. The second-order valence-corrected chi connectivity index (χ2v) is 3.37. The quantitative estimate of drug-likeness (QED) is 0.806. The number of aromatic carboxylic acids is 1. The molecule has 1 N–H and O–H groups in total. The van der Waals surface area contributed by atoms with Crippen molar-refractivity contribution in [3.05, 3.63) is 45.5 Å². The van der Waals surface area contributed by atoms with E-state index >= 15 is 0 Å². The molecule has 0 aliphatic rings. The van der Waals surface area contributed by atoms with E-state index in [4.69, 9.17) is 16.7 Å². The molecule has 1 aromatic carbocycles. The van der Waals surface area contributed by atoms with Crippen molar-refractivity contribution in [3.8, 4) is 0 Å². The van der Waals surface area contributed by atoms with Crippen LogP contribution in [-0.2, 0) is 0 Å². The largest absolute Gasteiger partial charge is 0.475 e. The van der Waals surface area contributed by atoms with E-state index in [9.17, 15) is 9.59 Å². The third-order valence-corrected chi connectivity index (χ3v) is 2.17. The van der Waals surface area contributed by atoms with E-state index < -0.39 is 11.6 Å². The van der Waals surface area contributed by atoms with Crippen LogP contribution >= 0.6 is 11.6 Å². The molecule has 0 unspecified atom stereocenters. The predicted molar refractivity (Wildman–Crippen MR) is 54.5 cm³/mol. The highest BCUT2D eigenvalue weighted by atomic mass is 35.5. The van der Waals surface area contributed by atoms with Crippen molar-refractivity contribution in [3.63, 3.8) is 0 Å². The molecule has 4 nitrogen and oxygen atoms in total. The molecule has 1 heterocycles. The van der Waals surface area contributed by atoms with Gasteiger partial charge >= 0.3 is 11.6 Å². The number of hydrogen-bond acceptors (Lipinski definition) is 3. The summed E-state index contributed by atoms with van der Waals surface area (Å²) in [4.78, 5) is 22.0. The molecule has 76 valence electrons. The fourth-order valence-electron chi connectivity index (χ4n) is 1.26. The van der Waals surface area contributed by atoms with Gasteiger partial charge in [-0.25, -0.2) is 9.59 Å². The highest BCUT2D eigenvalue weighted by molar-refractivity contribution is 6.31. The maximum Gasteiger partial charge on any atom is 0.371 e. The lowest BCUT2D eigenvalue weighted by atomic mass is 10.2. The van der Waals surface area contributed by atoms with Gasteiger partial charge in [-0.1, -0.05) is 17.7 Å². The number of rotatable bonds is 1. The molecule has 15 heavy (non-hydrogen) atoms. The van der Waals surface area contributed by atoms with Gasteiger partial charge in [0, 0.05) is 5.02 Å². The molecule has 2 rings (SSSR count). The molecule has 0 amide bonds. The van der Waals surface area contributed by atoms with Crippen molar-refractivity contribution in [1.29, 1.82) is 0 Å². The van der Waals surface area contributed by atoms with Crippen LogP contribution in [0.2, 0.25) is 5.02 Å². The van der Waals surface area contributed by atoms with E-state index in [0.717, 1.165) is 0 Å². The first-order chi connectivity index (χ1) is 7.08. The molecule has 1 aromatic heterocycles. The third-order valence-electron chi connectivity index (χ3n) is 1.94. The first-order valence-corrected chi connectivity index (χ1v) is 4.42. The molecular formula is C10H5ClO4. The van der Waals surface area contributed by atoms with Crippen LogP contribution in [0.15, 0.2) is 33.5 Å². The van der Waals surface area contributed by atoms with Crippen molar-refractivity contribution in [1.82, 2.24) is 0 Å². The Balaban J connectivity index is 2.84. The van der Waals surface area contributed by atoms with Crippen molar-refractivity contribution in [2.24, 2.45) is 0 Å². The van der Waals surface area contributed by atoms with E-state index in [2.05, 4.69) is 4.42 Å². The highest BCUT2D eigenvalue weighted by Gasteiger charge is 2.10. The van der Waals surface area contributed by atoms with Crippen molar-refractivity contribution < 1.29 is 14.3 Å². The molecule has 0 atom stereocenters. The average Bonchev–Trinajstić information content (AvgIpc) is 2.18. The Morgan fingerprint density at radius 1 is 1.33 bits per heavy atom. The van der Waals surface area contributed by atoms with Crippen LogP contribution in [0.5, 0.6) is 0 Å². The van der Waals surface area contributed by atoms with Crippen LogP contribution in [0.4, 0.5) is 0 Å². The van der Waals surface area contributed by atoms with Gasteiger partial charge in [0.15, 0.2) is 0 Å². The number of carboxylic acid groups (broad SMARTS) is 1. The van der Waals surface area contributed by atoms with Crippen molar-refractivity contribution >= 4 is 28.3 Å². The summed E-state index contributed by atoms with van der Waals surface area (Å²) in [5, 5.41) is 9.83. The first kappa shape index (κ1) is 9.73. The minimum absolute atomic E-state index is 0.271. The van der Waals surface area contributed by atoms with Gasteiger partial charge in [-0.05, 0) is 23.6 Å². The third kappa shape index (κ3) is 1.71. The molecule has 0 saturated heterocycles. The minimum atomic E-state index is -1.27. The molecule has 0 aliphatic heterocycles. The molecule has 0 saturated carbocycles. The summed E-state index contributed by atoms with van der Waals surface area (Å²) in [6, 6.07) is 5.87. The second kappa shape index (κ2) is 3.40. The number of halogens is 1. The molecule has 0 radical (unpaired) electrons. The zero-order valence-corrected chi connectivity index (χ0v) is 8.12. The number of carboxylic acids is 1. The van der Waals surface area contributed by atoms with Crippen LogP contribution in [0.3, 0.4) is 0 Å². The van der Waals surface area contributed by atoms with Gasteiger partial charge in [-0.15, -0.1) is 0 Å². The molecule has 5 heteroatoms. The number of carbonyl (C=O) groups is 1. The summed E-state index contributed by atoms with van der Waals surface area (Å²) in [5.41, 5.74) is -0.701. The average molecular weight is 225 g/mol. The summed E-state index contributed by atoms with van der Waals surface area (Å²) < 4.78 is 4.59. The van der Waals surface area contributed by atoms with E-state index in [1.54, 1.807) is 12.1 Å². The van der Waals surface area contributed by atoms with Gasteiger partial charge in [-0.2, -0.15) is 0 Å². The molecule has 0 spiro atoms. The van der Waals surface area contributed by atoms with Crippen LogP contribution in [0.25, 0.3) is 10.8 Å². The minimum Gasteiger partial charge on any atom is -0.475 e.